The number of hydrogen-bond donors (Lipinski definition) is 1. The molecule has 25 heavy (non-hydrogen) atoms. The quantitative estimate of drug-likeness (QED) is 0.818. The van der Waals surface area contributed by atoms with E-state index in [0.717, 1.165) is 69.5 Å². The van der Waals surface area contributed by atoms with Gasteiger partial charge in [-0.1, -0.05) is 29.8 Å². The van der Waals surface area contributed by atoms with Crippen molar-refractivity contribution in [1.29, 1.82) is 0 Å². The van der Waals surface area contributed by atoms with Crippen molar-refractivity contribution in [3.8, 4) is 0 Å². The molecule has 1 unspecified atom stereocenters. The predicted octanol–water partition coefficient (Wildman–Crippen LogP) is 2.68. The number of benzene rings is 1. The lowest BCUT2D eigenvalue weighted by atomic mass is 10.1. The van der Waals surface area contributed by atoms with Crippen molar-refractivity contribution in [3.63, 3.8) is 0 Å². The smallest absolute Gasteiger partial charge is 0.317 e. The topological polar surface area (TPSA) is 38.8 Å². The molecular weight excluding hydrogens is 336 g/mol. The first-order valence-electron chi connectivity index (χ1n) is 9.03. The van der Waals surface area contributed by atoms with Gasteiger partial charge in [-0.15, -0.1) is 6.58 Å². The van der Waals surface area contributed by atoms with Crippen LogP contribution in [0.5, 0.6) is 0 Å². The maximum Gasteiger partial charge on any atom is 0.317 e. The van der Waals surface area contributed by atoms with Crippen LogP contribution in [0.2, 0.25) is 5.02 Å². The molecule has 2 aliphatic heterocycles. The fourth-order valence-corrected chi connectivity index (χ4v) is 3.89. The molecule has 0 aliphatic carbocycles. The second kappa shape index (κ2) is 8.59. The Morgan fingerprint density at radius 2 is 2.00 bits per heavy atom. The zero-order valence-corrected chi connectivity index (χ0v) is 15.4. The Labute approximate surface area is 155 Å². The van der Waals surface area contributed by atoms with E-state index in [9.17, 15) is 4.79 Å². The molecule has 6 heteroatoms. The van der Waals surface area contributed by atoms with Crippen LogP contribution in [0.1, 0.15) is 6.42 Å². The minimum Gasteiger partial charge on any atom is -0.367 e. The highest BCUT2D eigenvalue weighted by Gasteiger charge is 2.25. The van der Waals surface area contributed by atoms with E-state index in [1.807, 2.05) is 35.2 Å². The lowest BCUT2D eigenvalue weighted by Crippen LogP contribution is -2.52. The molecule has 1 aromatic carbocycles. The van der Waals surface area contributed by atoms with Crippen LogP contribution in [0.25, 0.3) is 0 Å². The molecule has 0 radical (unpaired) electrons. The van der Waals surface area contributed by atoms with Crippen LogP contribution in [0.15, 0.2) is 36.9 Å². The average Bonchev–Trinajstić information content (AvgIpc) is 3.08. The fourth-order valence-electron chi connectivity index (χ4n) is 3.63. The summed E-state index contributed by atoms with van der Waals surface area (Å²) in [6, 6.07) is 7.94. The SMILES string of the molecule is C=CCN1CCC(CNC(=O)N2CCN(c3ccccc3Cl)CC2)C1. The second-order valence-corrected chi connectivity index (χ2v) is 7.22. The Kier molecular flexibility index (Phi) is 6.21. The van der Waals surface area contributed by atoms with Gasteiger partial charge in [0.2, 0.25) is 0 Å². The summed E-state index contributed by atoms with van der Waals surface area (Å²) in [6.07, 6.45) is 3.09. The van der Waals surface area contributed by atoms with Crippen LogP contribution in [-0.2, 0) is 0 Å². The van der Waals surface area contributed by atoms with Crippen molar-refractivity contribution >= 4 is 23.3 Å². The minimum atomic E-state index is 0.0565. The first-order valence-corrected chi connectivity index (χ1v) is 9.40. The number of anilines is 1. The molecule has 1 aromatic rings. The predicted molar refractivity (Wildman–Crippen MR) is 103 cm³/mol. The van der Waals surface area contributed by atoms with E-state index < -0.39 is 0 Å². The number of para-hydroxylation sites is 1. The first-order chi connectivity index (χ1) is 12.2. The number of carbonyl (C=O) groups is 1. The van der Waals surface area contributed by atoms with Gasteiger partial charge in [0.15, 0.2) is 0 Å². The summed E-state index contributed by atoms with van der Waals surface area (Å²) in [5.74, 6) is 0.549. The van der Waals surface area contributed by atoms with Crippen molar-refractivity contribution in [2.24, 2.45) is 5.92 Å². The van der Waals surface area contributed by atoms with Crippen LogP contribution >= 0.6 is 11.6 Å². The largest absolute Gasteiger partial charge is 0.367 e. The zero-order valence-electron chi connectivity index (χ0n) is 14.7. The number of rotatable bonds is 5. The van der Waals surface area contributed by atoms with E-state index in [2.05, 4.69) is 21.7 Å². The molecule has 2 fully saturated rings. The van der Waals surface area contributed by atoms with Crippen LogP contribution in [0.3, 0.4) is 0 Å². The number of amides is 2. The van der Waals surface area contributed by atoms with Gasteiger partial charge in [0.05, 0.1) is 10.7 Å². The zero-order chi connectivity index (χ0) is 17.6. The second-order valence-electron chi connectivity index (χ2n) is 6.81. The van der Waals surface area contributed by atoms with Crippen molar-refractivity contribution in [2.45, 2.75) is 6.42 Å². The molecule has 2 saturated heterocycles. The van der Waals surface area contributed by atoms with E-state index in [4.69, 9.17) is 11.6 Å². The fraction of sp³-hybridized carbons (Fsp3) is 0.526. The maximum atomic E-state index is 12.4. The number of halogens is 1. The summed E-state index contributed by atoms with van der Waals surface area (Å²) >= 11 is 6.27. The van der Waals surface area contributed by atoms with Crippen molar-refractivity contribution in [2.75, 3.05) is 57.3 Å². The Balaban J connectivity index is 1.41. The number of nitrogens with zero attached hydrogens (tertiary/aromatic N) is 3. The molecular formula is C19H27ClN4O. The molecule has 2 heterocycles. The van der Waals surface area contributed by atoms with E-state index in [-0.39, 0.29) is 6.03 Å². The Morgan fingerprint density at radius 1 is 1.24 bits per heavy atom. The highest BCUT2D eigenvalue weighted by Crippen LogP contribution is 2.26. The van der Waals surface area contributed by atoms with Crippen LogP contribution in [0, 0.1) is 5.92 Å². The Hall–Kier alpha value is -1.72. The number of piperazine rings is 1. The molecule has 3 rings (SSSR count). The summed E-state index contributed by atoms with van der Waals surface area (Å²) in [5.41, 5.74) is 1.05. The number of hydrogen-bond acceptors (Lipinski definition) is 3. The van der Waals surface area contributed by atoms with Crippen LogP contribution in [0.4, 0.5) is 10.5 Å². The highest BCUT2D eigenvalue weighted by atomic mass is 35.5. The summed E-state index contributed by atoms with van der Waals surface area (Å²) in [6.45, 7) is 10.7. The maximum absolute atomic E-state index is 12.4. The van der Waals surface area contributed by atoms with Crippen molar-refractivity contribution in [3.05, 3.63) is 41.9 Å². The molecule has 136 valence electrons. The van der Waals surface area contributed by atoms with Gasteiger partial charge in [-0.25, -0.2) is 4.79 Å². The number of nitrogens with one attached hydrogen (secondary N) is 1. The molecule has 1 atom stereocenters. The summed E-state index contributed by atoms with van der Waals surface area (Å²) in [4.78, 5) is 18.9. The van der Waals surface area contributed by atoms with Crippen LogP contribution in [-0.4, -0.2) is 68.2 Å². The van der Waals surface area contributed by atoms with E-state index >= 15 is 0 Å². The Morgan fingerprint density at radius 3 is 2.72 bits per heavy atom. The average molecular weight is 363 g/mol. The number of likely N-dealkylation sites (tertiary alicyclic amines) is 1. The first kappa shape index (κ1) is 18.1. The van der Waals surface area contributed by atoms with Crippen LogP contribution < -0.4 is 10.2 Å². The molecule has 2 aliphatic rings. The molecule has 0 saturated carbocycles. The van der Waals surface area contributed by atoms with Gasteiger partial charge >= 0.3 is 6.03 Å². The molecule has 0 spiro atoms. The molecule has 0 aromatic heterocycles. The van der Waals surface area contributed by atoms with Crippen molar-refractivity contribution < 1.29 is 4.79 Å². The summed E-state index contributed by atoms with van der Waals surface area (Å²) in [5, 5.41) is 3.88. The third-order valence-corrected chi connectivity index (χ3v) is 5.38. The van der Waals surface area contributed by atoms with Crippen molar-refractivity contribution in [1.82, 2.24) is 15.1 Å². The molecule has 1 N–H and O–H groups in total. The summed E-state index contributed by atoms with van der Waals surface area (Å²) < 4.78 is 0. The third-order valence-electron chi connectivity index (χ3n) is 5.06. The van der Waals surface area contributed by atoms with E-state index in [1.54, 1.807) is 0 Å². The van der Waals surface area contributed by atoms with Gasteiger partial charge in [-0.2, -0.15) is 0 Å². The lowest BCUT2D eigenvalue weighted by molar-refractivity contribution is 0.192. The van der Waals surface area contributed by atoms with Gasteiger partial charge in [0.1, 0.15) is 0 Å². The third kappa shape index (κ3) is 4.67. The van der Waals surface area contributed by atoms with E-state index in [1.165, 1.54) is 0 Å². The minimum absolute atomic E-state index is 0.0565. The lowest BCUT2D eigenvalue weighted by Gasteiger charge is -2.36. The normalized spacial score (nSPS) is 21.4. The number of urea groups is 1. The van der Waals surface area contributed by atoms with Gasteiger partial charge < -0.3 is 15.1 Å². The molecule has 5 nitrogen and oxygen atoms in total. The Bertz CT molecular complexity index is 601. The standard InChI is InChI=1S/C19H27ClN4O/c1-2-8-22-9-7-16(15-22)14-21-19(25)24-12-10-23(11-13-24)18-6-4-3-5-17(18)20/h2-6,16H,1,7-15H2,(H,21,25). The van der Waals surface area contributed by atoms with Gasteiger partial charge in [0, 0.05) is 45.8 Å². The van der Waals surface area contributed by atoms with Gasteiger partial charge in [0.25, 0.3) is 0 Å². The van der Waals surface area contributed by atoms with E-state index in [0.29, 0.717) is 5.92 Å². The monoisotopic (exact) mass is 362 g/mol. The number of carbonyl (C=O) groups excluding carboxylic acids is 1. The van der Waals surface area contributed by atoms with Gasteiger partial charge in [-0.3, -0.25) is 4.90 Å². The molecule has 2 amide bonds. The molecule has 0 bridgehead atoms. The highest BCUT2D eigenvalue weighted by molar-refractivity contribution is 6.33. The summed E-state index contributed by atoms with van der Waals surface area (Å²) in [7, 11) is 0. The van der Waals surface area contributed by atoms with Gasteiger partial charge in [-0.05, 0) is 31.0 Å².